The van der Waals surface area contributed by atoms with Gasteiger partial charge >= 0.3 is 0 Å². The lowest BCUT2D eigenvalue weighted by Gasteiger charge is -2.07. The van der Waals surface area contributed by atoms with Crippen molar-refractivity contribution in [3.63, 3.8) is 0 Å². The Morgan fingerprint density at radius 1 is 0.741 bits per heavy atom. The number of aromatic nitrogens is 2. The lowest BCUT2D eigenvalue weighted by Crippen LogP contribution is -1.90. The number of halogens is 3. The van der Waals surface area contributed by atoms with Gasteiger partial charge in [-0.1, -0.05) is 46.9 Å². The minimum Gasteiger partial charge on any atom is -0.439 e. The highest BCUT2D eigenvalue weighted by molar-refractivity contribution is 7.13. The molecular formula is C20H11Cl3N2OS. The van der Waals surface area contributed by atoms with Crippen LogP contribution in [0.15, 0.2) is 66.0 Å². The van der Waals surface area contributed by atoms with Crippen molar-refractivity contribution in [3.8, 4) is 33.5 Å². The molecule has 27 heavy (non-hydrogen) atoms. The van der Waals surface area contributed by atoms with Crippen LogP contribution in [0.2, 0.25) is 15.2 Å². The predicted molar refractivity (Wildman–Crippen MR) is 112 cm³/mol. The number of hydrogen-bond donors (Lipinski definition) is 0. The molecule has 0 bridgehead atoms. The Labute approximate surface area is 175 Å². The third kappa shape index (κ3) is 4.42. The fraction of sp³-hybridized carbons (Fsp3) is 0. The quantitative estimate of drug-likeness (QED) is 0.310. The van der Waals surface area contributed by atoms with Crippen LogP contribution in [0.4, 0.5) is 0 Å². The van der Waals surface area contributed by atoms with Crippen LogP contribution in [-0.2, 0) is 0 Å². The summed E-state index contributed by atoms with van der Waals surface area (Å²) in [5.41, 5.74) is 2.71. The molecular weight excluding hydrogens is 423 g/mol. The normalized spacial score (nSPS) is 10.8. The number of thiazole rings is 1. The summed E-state index contributed by atoms with van der Waals surface area (Å²) in [4.78, 5) is 8.92. The molecule has 134 valence electrons. The van der Waals surface area contributed by atoms with Gasteiger partial charge < -0.3 is 4.74 Å². The van der Waals surface area contributed by atoms with E-state index in [1.165, 1.54) is 11.3 Å². The van der Waals surface area contributed by atoms with Gasteiger partial charge in [0.05, 0.1) is 5.69 Å². The number of ether oxygens (including phenoxy) is 1. The van der Waals surface area contributed by atoms with E-state index >= 15 is 0 Å². The molecule has 0 unspecified atom stereocenters. The molecule has 2 aromatic heterocycles. The van der Waals surface area contributed by atoms with Crippen LogP contribution in [0.25, 0.3) is 21.8 Å². The molecule has 0 aliphatic rings. The molecule has 0 saturated carbocycles. The maximum absolute atomic E-state index is 6.18. The van der Waals surface area contributed by atoms with Crippen LogP contribution < -0.4 is 4.74 Å². The van der Waals surface area contributed by atoms with Crippen molar-refractivity contribution in [2.24, 2.45) is 0 Å². The number of nitrogens with zero attached hydrogens (tertiary/aromatic N) is 2. The van der Waals surface area contributed by atoms with Crippen molar-refractivity contribution in [1.82, 2.24) is 9.97 Å². The third-order valence-electron chi connectivity index (χ3n) is 3.70. The maximum Gasteiger partial charge on any atom is 0.221 e. The fourth-order valence-electron chi connectivity index (χ4n) is 2.43. The molecule has 0 spiro atoms. The smallest absolute Gasteiger partial charge is 0.221 e. The molecule has 0 radical (unpaired) electrons. The monoisotopic (exact) mass is 432 g/mol. The van der Waals surface area contributed by atoms with Gasteiger partial charge in [0, 0.05) is 32.6 Å². The Kier molecular flexibility index (Phi) is 5.32. The first-order valence-electron chi connectivity index (χ1n) is 7.90. The Morgan fingerprint density at radius 2 is 1.41 bits per heavy atom. The zero-order valence-electron chi connectivity index (χ0n) is 13.7. The first kappa shape index (κ1) is 18.3. The van der Waals surface area contributed by atoms with E-state index < -0.39 is 0 Å². The van der Waals surface area contributed by atoms with Crippen LogP contribution in [-0.4, -0.2) is 9.97 Å². The highest BCUT2D eigenvalue weighted by atomic mass is 35.5. The van der Waals surface area contributed by atoms with Crippen molar-refractivity contribution in [2.45, 2.75) is 0 Å². The standard InChI is InChI=1S/C20H11Cl3N2OS/c21-14-3-1-12(2-4-14)17-11-27-20(24-17)13-9-18(23)25-19(10-13)26-16-7-5-15(22)6-8-16/h1-11H. The van der Waals surface area contributed by atoms with Crippen molar-refractivity contribution in [1.29, 1.82) is 0 Å². The highest BCUT2D eigenvalue weighted by Gasteiger charge is 2.11. The number of benzene rings is 2. The lowest BCUT2D eigenvalue weighted by atomic mass is 10.2. The van der Waals surface area contributed by atoms with Gasteiger partial charge in [-0.3, -0.25) is 0 Å². The van der Waals surface area contributed by atoms with Crippen molar-refractivity contribution >= 4 is 46.1 Å². The Bertz CT molecular complexity index is 1080. The van der Waals surface area contributed by atoms with Gasteiger partial charge in [0.15, 0.2) is 0 Å². The summed E-state index contributed by atoms with van der Waals surface area (Å²) in [5, 5.41) is 4.48. The van der Waals surface area contributed by atoms with Gasteiger partial charge in [0.1, 0.15) is 15.9 Å². The SMILES string of the molecule is Clc1ccc(Oc2cc(-c3nc(-c4ccc(Cl)cc4)cs3)cc(Cl)n2)cc1. The van der Waals surface area contributed by atoms with Crippen LogP contribution >= 0.6 is 46.1 Å². The van der Waals surface area contributed by atoms with E-state index in [1.54, 1.807) is 30.3 Å². The molecule has 2 aromatic carbocycles. The first-order chi connectivity index (χ1) is 13.1. The summed E-state index contributed by atoms with van der Waals surface area (Å²) in [7, 11) is 0. The van der Waals surface area contributed by atoms with Crippen LogP contribution in [0.1, 0.15) is 0 Å². The zero-order chi connectivity index (χ0) is 18.8. The second kappa shape index (κ2) is 7.87. The van der Waals surface area contributed by atoms with Crippen LogP contribution in [0.5, 0.6) is 11.6 Å². The van der Waals surface area contributed by atoms with Gasteiger partial charge in [-0.25, -0.2) is 9.97 Å². The predicted octanol–water partition coefficient (Wildman–Crippen LogP) is 7.62. The number of hydrogen-bond acceptors (Lipinski definition) is 4. The molecule has 0 aliphatic carbocycles. The van der Waals surface area contributed by atoms with Crippen LogP contribution in [0, 0.1) is 0 Å². The van der Waals surface area contributed by atoms with Crippen LogP contribution in [0.3, 0.4) is 0 Å². The molecule has 4 aromatic rings. The summed E-state index contributed by atoms with van der Waals surface area (Å²) >= 11 is 19.6. The van der Waals surface area contributed by atoms with Gasteiger partial charge in [0.2, 0.25) is 5.88 Å². The summed E-state index contributed by atoms with van der Waals surface area (Å²) in [6.45, 7) is 0. The molecule has 2 heterocycles. The Morgan fingerprint density at radius 3 is 2.11 bits per heavy atom. The maximum atomic E-state index is 6.18. The van der Waals surface area contributed by atoms with E-state index in [-0.39, 0.29) is 0 Å². The van der Waals surface area contributed by atoms with Crippen molar-refractivity contribution in [3.05, 3.63) is 81.2 Å². The second-order valence-electron chi connectivity index (χ2n) is 5.62. The van der Waals surface area contributed by atoms with Crippen molar-refractivity contribution in [2.75, 3.05) is 0 Å². The molecule has 7 heteroatoms. The van der Waals surface area contributed by atoms with Gasteiger partial charge in [0.25, 0.3) is 0 Å². The van der Waals surface area contributed by atoms with E-state index in [0.29, 0.717) is 26.8 Å². The van der Waals surface area contributed by atoms with E-state index in [9.17, 15) is 0 Å². The summed E-state index contributed by atoms with van der Waals surface area (Å²) in [6, 6.07) is 18.2. The minimum absolute atomic E-state index is 0.333. The molecule has 4 rings (SSSR count). The van der Waals surface area contributed by atoms with E-state index in [1.807, 2.05) is 35.7 Å². The lowest BCUT2D eigenvalue weighted by molar-refractivity contribution is 0.463. The average molecular weight is 434 g/mol. The molecule has 0 saturated heterocycles. The molecule has 0 fully saturated rings. The van der Waals surface area contributed by atoms with Crippen molar-refractivity contribution < 1.29 is 4.74 Å². The van der Waals surface area contributed by atoms with Gasteiger partial charge in [-0.05, 0) is 42.5 Å². The second-order valence-corrected chi connectivity index (χ2v) is 7.74. The minimum atomic E-state index is 0.333. The summed E-state index contributed by atoms with van der Waals surface area (Å²) in [6.07, 6.45) is 0. The Hall–Kier alpha value is -2.11. The third-order valence-corrected chi connectivity index (χ3v) is 5.29. The molecule has 3 nitrogen and oxygen atoms in total. The molecule has 0 atom stereocenters. The molecule has 0 N–H and O–H groups in total. The zero-order valence-corrected chi connectivity index (χ0v) is 16.8. The van der Waals surface area contributed by atoms with Gasteiger partial charge in [-0.15, -0.1) is 11.3 Å². The summed E-state index contributed by atoms with van der Waals surface area (Å²) in [5.74, 6) is 1.02. The highest BCUT2D eigenvalue weighted by Crippen LogP contribution is 2.33. The molecule has 0 aliphatic heterocycles. The average Bonchev–Trinajstić information content (AvgIpc) is 3.14. The number of rotatable bonds is 4. The van der Waals surface area contributed by atoms with E-state index in [2.05, 4.69) is 4.98 Å². The fourth-order valence-corrected chi connectivity index (χ4v) is 3.70. The van der Waals surface area contributed by atoms with E-state index in [0.717, 1.165) is 21.8 Å². The Balaban J connectivity index is 1.63. The number of pyridine rings is 1. The van der Waals surface area contributed by atoms with Gasteiger partial charge in [-0.2, -0.15) is 0 Å². The summed E-state index contributed by atoms with van der Waals surface area (Å²) < 4.78 is 5.79. The topological polar surface area (TPSA) is 35.0 Å². The first-order valence-corrected chi connectivity index (χ1v) is 9.91. The van der Waals surface area contributed by atoms with E-state index in [4.69, 9.17) is 44.5 Å². The molecule has 0 amide bonds. The largest absolute Gasteiger partial charge is 0.439 e.